The zero-order valence-electron chi connectivity index (χ0n) is 21.3. The Morgan fingerprint density at radius 2 is 1.64 bits per heavy atom. The Morgan fingerprint density at radius 1 is 0.972 bits per heavy atom. The molecule has 2 amide bonds. The van der Waals surface area contributed by atoms with Crippen molar-refractivity contribution in [2.45, 2.75) is 58.9 Å². The van der Waals surface area contributed by atoms with Crippen molar-refractivity contribution < 1.29 is 24.2 Å². The van der Waals surface area contributed by atoms with Crippen LogP contribution in [0, 0.1) is 11.3 Å². The minimum Gasteiger partial charge on any atom is -0.494 e. The van der Waals surface area contributed by atoms with Crippen molar-refractivity contribution in [3.8, 4) is 5.75 Å². The molecule has 0 saturated heterocycles. The molecular weight excluding hydrogens is 480 g/mol. The highest BCUT2D eigenvalue weighted by molar-refractivity contribution is 6.30. The molecule has 0 saturated carbocycles. The lowest BCUT2D eigenvalue weighted by Crippen LogP contribution is -2.55. The number of hydrogen-bond donors (Lipinski definition) is 3. The Bertz CT molecular complexity index is 974. The zero-order valence-corrected chi connectivity index (χ0v) is 22.0. The number of carbonyl (C=O) groups excluding carboxylic acids is 2. The second-order valence-electron chi connectivity index (χ2n) is 9.93. The standard InChI is InChI=1S/C28H37ClN2O5/c1-28(2,3)25(27(35)30-17-16-20-9-5-4-6-10-20)31-26(34)21(19-24(32)33)11-7-8-18-36-23-14-12-22(29)13-15-23/h4-6,9-10,12-15,21,25H,7-8,11,16-19H2,1-3H3,(H,30,35)(H,31,34)(H,32,33)/t21-,25-/m1/s1. The smallest absolute Gasteiger partial charge is 0.304 e. The molecule has 0 heterocycles. The van der Waals surface area contributed by atoms with E-state index in [1.165, 1.54) is 0 Å². The van der Waals surface area contributed by atoms with Crippen LogP contribution in [0.4, 0.5) is 0 Å². The van der Waals surface area contributed by atoms with Crippen molar-refractivity contribution >= 4 is 29.4 Å². The van der Waals surface area contributed by atoms with Crippen LogP contribution in [0.5, 0.6) is 5.75 Å². The fraction of sp³-hybridized carbons (Fsp3) is 0.464. The van der Waals surface area contributed by atoms with Crippen LogP contribution in [0.1, 0.15) is 52.0 Å². The van der Waals surface area contributed by atoms with E-state index in [0.717, 1.165) is 5.56 Å². The second kappa shape index (κ2) is 14.5. The maximum Gasteiger partial charge on any atom is 0.304 e. The summed E-state index contributed by atoms with van der Waals surface area (Å²) in [6.45, 7) is 6.49. The van der Waals surface area contributed by atoms with Gasteiger partial charge in [0.2, 0.25) is 11.8 Å². The Morgan fingerprint density at radius 3 is 2.25 bits per heavy atom. The monoisotopic (exact) mass is 516 g/mol. The average molecular weight is 517 g/mol. The van der Waals surface area contributed by atoms with Gasteiger partial charge in [-0.05, 0) is 60.9 Å². The van der Waals surface area contributed by atoms with Gasteiger partial charge >= 0.3 is 5.97 Å². The third-order valence-corrected chi connectivity index (χ3v) is 6.04. The van der Waals surface area contributed by atoms with E-state index in [0.29, 0.717) is 49.6 Å². The van der Waals surface area contributed by atoms with E-state index >= 15 is 0 Å². The van der Waals surface area contributed by atoms with Gasteiger partial charge in [-0.15, -0.1) is 0 Å². The highest BCUT2D eigenvalue weighted by atomic mass is 35.5. The molecule has 0 unspecified atom stereocenters. The minimum atomic E-state index is -1.05. The molecule has 2 atom stereocenters. The molecule has 2 aromatic rings. The summed E-state index contributed by atoms with van der Waals surface area (Å²) in [5.74, 6) is -1.79. The van der Waals surface area contributed by atoms with Gasteiger partial charge < -0.3 is 20.5 Å². The third kappa shape index (κ3) is 10.7. The molecule has 2 rings (SSSR count). The van der Waals surface area contributed by atoms with Crippen LogP contribution in [0.25, 0.3) is 0 Å². The molecule has 7 nitrogen and oxygen atoms in total. The molecule has 3 N–H and O–H groups in total. The lowest BCUT2D eigenvalue weighted by molar-refractivity contribution is -0.142. The summed E-state index contributed by atoms with van der Waals surface area (Å²) in [5, 5.41) is 15.7. The molecule has 0 aromatic heterocycles. The third-order valence-electron chi connectivity index (χ3n) is 5.79. The molecule has 36 heavy (non-hydrogen) atoms. The number of halogens is 1. The number of carboxylic acid groups (broad SMARTS) is 1. The number of benzene rings is 2. The van der Waals surface area contributed by atoms with Gasteiger partial charge in [0.05, 0.1) is 13.0 Å². The number of hydrogen-bond acceptors (Lipinski definition) is 4. The Labute approximate surface area is 218 Å². The first-order valence-electron chi connectivity index (χ1n) is 12.3. The average Bonchev–Trinajstić information content (AvgIpc) is 2.82. The Hall–Kier alpha value is -3.06. The van der Waals surface area contributed by atoms with Gasteiger partial charge in [-0.2, -0.15) is 0 Å². The van der Waals surface area contributed by atoms with E-state index in [-0.39, 0.29) is 12.3 Å². The van der Waals surface area contributed by atoms with Crippen molar-refractivity contribution in [1.29, 1.82) is 0 Å². The molecule has 0 spiro atoms. The Balaban J connectivity index is 1.88. The van der Waals surface area contributed by atoms with Gasteiger partial charge in [-0.3, -0.25) is 14.4 Å². The summed E-state index contributed by atoms with van der Waals surface area (Å²) < 4.78 is 5.67. The lowest BCUT2D eigenvalue weighted by atomic mass is 9.85. The van der Waals surface area contributed by atoms with Gasteiger partial charge in [0.15, 0.2) is 0 Å². The topological polar surface area (TPSA) is 105 Å². The van der Waals surface area contributed by atoms with Crippen molar-refractivity contribution in [3.63, 3.8) is 0 Å². The summed E-state index contributed by atoms with van der Waals surface area (Å²) in [5.41, 5.74) is 0.558. The van der Waals surface area contributed by atoms with Gasteiger partial charge in [0.1, 0.15) is 11.8 Å². The summed E-state index contributed by atoms with van der Waals surface area (Å²) in [6, 6.07) is 16.1. The highest BCUT2D eigenvalue weighted by Gasteiger charge is 2.34. The molecule has 0 bridgehead atoms. The van der Waals surface area contributed by atoms with E-state index < -0.39 is 29.3 Å². The first-order chi connectivity index (χ1) is 17.1. The molecular formula is C28H37ClN2O5. The molecule has 196 valence electrons. The predicted octanol–water partition coefficient (Wildman–Crippen LogP) is 4.87. The second-order valence-corrected chi connectivity index (χ2v) is 10.4. The van der Waals surface area contributed by atoms with Crippen LogP contribution in [-0.4, -0.2) is 42.1 Å². The van der Waals surface area contributed by atoms with Gasteiger partial charge in [0.25, 0.3) is 0 Å². The van der Waals surface area contributed by atoms with E-state index in [1.807, 2.05) is 51.1 Å². The van der Waals surface area contributed by atoms with Crippen molar-refractivity contribution in [1.82, 2.24) is 10.6 Å². The largest absolute Gasteiger partial charge is 0.494 e. The van der Waals surface area contributed by atoms with E-state index in [4.69, 9.17) is 16.3 Å². The maximum absolute atomic E-state index is 13.1. The quantitative estimate of drug-likeness (QED) is 0.311. The van der Waals surface area contributed by atoms with Gasteiger partial charge in [0, 0.05) is 17.5 Å². The first-order valence-corrected chi connectivity index (χ1v) is 12.7. The number of carboxylic acids is 1. The number of aliphatic carboxylic acids is 1. The number of amides is 2. The number of carbonyl (C=O) groups is 3. The van der Waals surface area contributed by atoms with Gasteiger partial charge in [-0.1, -0.05) is 62.7 Å². The lowest BCUT2D eigenvalue weighted by Gasteiger charge is -2.31. The van der Waals surface area contributed by atoms with Crippen molar-refractivity contribution in [3.05, 3.63) is 65.2 Å². The summed E-state index contributed by atoms with van der Waals surface area (Å²) >= 11 is 5.87. The number of nitrogens with one attached hydrogen (secondary N) is 2. The molecule has 0 fully saturated rings. The van der Waals surface area contributed by atoms with E-state index in [9.17, 15) is 19.5 Å². The zero-order chi connectivity index (χ0) is 26.6. The van der Waals surface area contributed by atoms with Crippen LogP contribution in [0.3, 0.4) is 0 Å². The van der Waals surface area contributed by atoms with Crippen molar-refractivity contribution in [2.24, 2.45) is 11.3 Å². The molecule has 0 aliphatic rings. The first kappa shape index (κ1) is 29.2. The highest BCUT2D eigenvalue weighted by Crippen LogP contribution is 2.22. The number of rotatable bonds is 14. The number of unbranched alkanes of at least 4 members (excludes halogenated alkanes) is 1. The van der Waals surface area contributed by atoms with Crippen LogP contribution in [0.15, 0.2) is 54.6 Å². The summed E-state index contributed by atoms with van der Waals surface area (Å²) in [4.78, 5) is 37.4. The van der Waals surface area contributed by atoms with E-state index in [2.05, 4.69) is 10.6 Å². The van der Waals surface area contributed by atoms with E-state index in [1.54, 1.807) is 24.3 Å². The fourth-order valence-electron chi connectivity index (χ4n) is 3.76. The van der Waals surface area contributed by atoms with Crippen LogP contribution in [-0.2, 0) is 20.8 Å². The van der Waals surface area contributed by atoms with Crippen LogP contribution in [0.2, 0.25) is 5.02 Å². The summed E-state index contributed by atoms with van der Waals surface area (Å²) in [6.07, 6.45) is 2.04. The normalized spacial score (nSPS) is 12.9. The summed E-state index contributed by atoms with van der Waals surface area (Å²) in [7, 11) is 0. The van der Waals surface area contributed by atoms with Crippen molar-refractivity contribution in [2.75, 3.05) is 13.2 Å². The molecule has 0 radical (unpaired) electrons. The minimum absolute atomic E-state index is 0.280. The molecule has 0 aliphatic carbocycles. The number of ether oxygens (including phenoxy) is 1. The van der Waals surface area contributed by atoms with Crippen LogP contribution < -0.4 is 15.4 Å². The fourth-order valence-corrected chi connectivity index (χ4v) is 3.89. The predicted molar refractivity (Wildman–Crippen MR) is 141 cm³/mol. The molecule has 2 aromatic carbocycles. The molecule has 8 heteroatoms. The SMILES string of the molecule is CC(C)(C)[C@H](NC(=O)[C@H](CCCCOc1ccc(Cl)cc1)CC(=O)O)C(=O)NCCc1ccccc1. The Kier molecular flexibility index (Phi) is 11.7. The molecule has 0 aliphatic heterocycles. The maximum atomic E-state index is 13.1. The van der Waals surface area contributed by atoms with Gasteiger partial charge in [-0.25, -0.2) is 0 Å². The van der Waals surface area contributed by atoms with Crippen LogP contribution >= 0.6 is 11.6 Å².